The van der Waals surface area contributed by atoms with E-state index >= 15 is 0 Å². The number of nitro benzene ring substituents is 1. The van der Waals surface area contributed by atoms with Gasteiger partial charge in [0.25, 0.3) is 5.69 Å². The van der Waals surface area contributed by atoms with Crippen LogP contribution in [-0.4, -0.2) is 69.5 Å². The number of hydrogen-bond acceptors (Lipinski definition) is 8. The lowest BCUT2D eigenvalue weighted by atomic mass is 9.92. The number of halogens is 3. The Hall–Kier alpha value is -3.29. The molecule has 3 aromatic rings. The number of aromatic nitrogens is 1. The Bertz CT molecular complexity index is 1470. The van der Waals surface area contributed by atoms with Crippen molar-refractivity contribution in [2.24, 2.45) is 0 Å². The van der Waals surface area contributed by atoms with Crippen LogP contribution in [-0.2, 0) is 22.3 Å². The first-order valence-corrected chi connectivity index (χ1v) is 15.3. The van der Waals surface area contributed by atoms with Crippen molar-refractivity contribution >= 4 is 38.8 Å². The van der Waals surface area contributed by atoms with Gasteiger partial charge < -0.3 is 15.0 Å². The van der Waals surface area contributed by atoms with Crippen molar-refractivity contribution in [3.63, 3.8) is 0 Å². The molecular weight excluding hydrogens is 583 g/mol. The van der Waals surface area contributed by atoms with Crippen molar-refractivity contribution in [1.29, 1.82) is 0 Å². The third-order valence-corrected chi connectivity index (χ3v) is 9.37. The van der Waals surface area contributed by atoms with Crippen LogP contribution in [0.25, 0.3) is 10.2 Å². The van der Waals surface area contributed by atoms with Crippen LogP contribution < -0.4 is 5.32 Å². The Kier molecular flexibility index (Phi) is 9.23. The molecule has 2 fully saturated rings. The number of nitro groups is 1. The van der Waals surface area contributed by atoms with E-state index in [0.717, 1.165) is 35.7 Å². The van der Waals surface area contributed by atoms with Crippen LogP contribution in [0, 0.1) is 17.0 Å². The first kappa shape index (κ1) is 31.1. The number of carbonyl (C=O) groups excluding carboxylic acids is 1. The standard InChI is InChI=1S/C30H36F3N5O4S/c1-18-4-11-27-25(12-18)35-28(43-27)16-36-14-20(3)37(15-19(36)2)29(39)17-42-23-8-5-21(6-9-23)34-22-7-10-26(38(40)41)24(13-22)30(31,32)33/h4,7,10-13,19-21,23,34H,5-6,8-9,14-17H2,1-3H3/t19-,20+,21-,23-/m0/s1. The quantitative estimate of drug-likeness (QED) is 0.230. The number of nitrogens with one attached hydrogen (secondary N) is 1. The van der Waals surface area contributed by atoms with Gasteiger partial charge in [-0.2, -0.15) is 13.2 Å². The molecule has 5 rings (SSSR count). The van der Waals surface area contributed by atoms with E-state index in [2.05, 4.69) is 49.2 Å². The number of anilines is 1. The van der Waals surface area contributed by atoms with Crippen molar-refractivity contribution in [3.05, 3.63) is 62.6 Å². The number of ether oxygens (including phenoxy) is 1. The molecular formula is C30H36F3N5O4S. The molecule has 1 saturated heterocycles. The number of alkyl halides is 3. The van der Waals surface area contributed by atoms with Gasteiger partial charge in [0, 0.05) is 43.0 Å². The summed E-state index contributed by atoms with van der Waals surface area (Å²) in [6.07, 6.45) is -2.32. The summed E-state index contributed by atoms with van der Waals surface area (Å²) in [4.78, 5) is 32.2. The van der Waals surface area contributed by atoms with Gasteiger partial charge in [-0.05, 0) is 76.3 Å². The molecule has 1 aliphatic carbocycles. The zero-order valence-electron chi connectivity index (χ0n) is 24.4. The number of nitrogens with zero attached hydrogens (tertiary/aromatic N) is 4. The molecule has 0 unspecified atom stereocenters. The van der Waals surface area contributed by atoms with E-state index in [4.69, 9.17) is 9.72 Å². The van der Waals surface area contributed by atoms with E-state index in [9.17, 15) is 28.1 Å². The minimum absolute atomic E-state index is 0.00562. The van der Waals surface area contributed by atoms with Crippen LogP contribution in [0.2, 0.25) is 0 Å². The normalized spacial score (nSPS) is 23.4. The molecule has 13 heteroatoms. The molecule has 2 atom stereocenters. The van der Waals surface area contributed by atoms with Gasteiger partial charge in [-0.3, -0.25) is 19.8 Å². The number of rotatable bonds is 8. The Morgan fingerprint density at radius 2 is 1.86 bits per heavy atom. The van der Waals surface area contributed by atoms with E-state index in [1.807, 2.05) is 4.90 Å². The number of fused-ring (bicyclic) bond motifs is 1. The van der Waals surface area contributed by atoms with Crippen molar-refractivity contribution in [2.45, 2.75) is 83.4 Å². The first-order chi connectivity index (χ1) is 20.4. The molecule has 0 bridgehead atoms. The van der Waals surface area contributed by atoms with E-state index in [-0.39, 0.29) is 42.4 Å². The van der Waals surface area contributed by atoms with Crippen LogP contribution in [0.1, 0.15) is 55.7 Å². The van der Waals surface area contributed by atoms with Gasteiger partial charge in [-0.15, -0.1) is 11.3 Å². The van der Waals surface area contributed by atoms with Crippen molar-refractivity contribution in [3.8, 4) is 0 Å². The molecule has 0 spiro atoms. The SMILES string of the molecule is Cc1ccc2sc(CN3C[C@@H](C)N(C(=O)CO[C@H]4CC[C@H](Nc5ccc([N+](=O)[O-])c(C(F)(F)F)c5)CC4)C[C@@H]3C)nc2c1. The monoisotopic (exact) mass is 619 g/mol. The average molecular weight is 620 g/mol. The number of amides is 1. The van der Waals surface area contributed by atoms with Gasteiger partial charge in [0.05, 0.1) is 27.8 Å². The van der Waals surface area contributed by atoms with E-state index < -0.39 is 22.4 Å². The number of thiazole rings is 1. The second-order valence-electron chi connectivity index (χ2n) is 11.7. The third kappa shape index (κ3) is 7.44. The molecule has 232 valence electrons. The largest absolute Gasteiger partial charge is 0.423 e. The highest BCUT2D eigenvalue weighted by molar-refractivity contribution is 7.18. The summed E-state index contributed by atoms with van der Waals surface area (Å²) >= 11 is 1.71. The molecule has 2 heterocycles. The fourth-order valence-electron chi connectivity index (χ4n) is 5.99. The lowest BCUT2D eigenvalue weighted by molar-refractivity contribution is -0.388. The highest BCUT2D eigenvalue weighted by Crippen LogP contribution is 2.38. The second kappa shape index (κ2) is 12.7. The number of benzene rings is 2. The summed E-state index contributed by atoms with van der Waals surface area (Å²) in [5.74, 6) is -0.0414. The zero-order chi connectivity index (χ0) is 30.9. The summed E-state index contributed by atoms with van der Waals surface area (Å²) in [7, 11) is 0. The fourth-order valence-corrected chi connectivity index (χ4v) is 6.96. The number of hydrogen-bond donors (Lipinski definition) is 1. The van der Waals surface area contributed by atoms with E-state index in [1.54, 1.807) is 11.3 Å². The summed E-state index contributed by atoms with van der Waals surface area (Å²) in [6.45, 7) is 8.34. The summed E-state index contributed by atoms with van der Waals surface area (Å²) in [5.41, 5.74) is 0.175. The van der Waals surface area contributed by atoms with Gasteiger partial charge in [-0.25, -0.2) is 4.98 Å². The Labute approximate surface area is 252 Å². The lowest BCUT2D eigenvalue weighted by Gasteiger charge is -2.44. The Balaban J connectivity index is 1.08. The van der Waals surface area contributed by atoms with Crippen molar-refractivity contribution < 1.29 is 27.6 Å². The van der Waals surface area contributed by atoms with Gasteiger partial charge in [0.2, 0.25) is 5.91 Å². The minimum Gasteiger partial charge on any atom is -0.382 e. The third-order valence-electron chi connectivity index (χ3n) is 8.35. The maximum absolute atomic E-state index is 13.3. The minimum atomic E-state index is -4.82. The topological polar surface area (TPSA) is 101 Å². The first-order valence-electron chi connectivity index (χ1n) is 14.5. The maximum Gasteiger partial charge on any atom is 0.423 e. The van der Waals surface area contributed by atoms with Crippen molar-refractivity contribution in [1.82, 2.24) is 14.8 Å². The van der Waals surface area contributed by atoms with E-state index in [0.29, 0.717) is 32.2 Å². The van der Waals surface area contributed by atoms with Gasteiger partial charge in [0.15, 0.2) is 0 Å². The van der Waals surface area contributed by atoms with Gasteiger partial charge in [0.1, 0.15) is 17.2 Å². The number of piperazine rings is 1. The summed E-state index contributed by atoms with van der Waals surface area (Å²) < 4.78 is 47.1. The zero-order valence-corrected chi connectivity index (χ0v) is 25.2. The van der Waals surface area contributed by atoms with Crippen LogP contribution in [0.3, 0.4) is 0 Å². The van der Waals surface area contributed by atoms with Crippen molar-refractivity contribution in [2.75, 3.05) is 25.0 Å². The highest BCUT2D eigenvalue weighted by Gasteiger charge is 2.39. The van der Waals surface area contributed by atoms with Crippen LogP contribution in [0.4, 0.5) is 24.5 Å². The molecule has 0 radical (unpaired) electrons. The molecule has 2 aliphatic rings. The Morgan fingerprint density at radius 1 is 1.12 bits per heavy atom. The molecule has 1 amide bonds. The molecule has 43 heavy (non-hydrogen) atoms. The molecule has 9 nitrogen and oxygen atoms in total. The fraction of sp³-hybridized carbons (Fsp3) is 0.533. The molecule has 1 saturated carbocycles. The number of carbonyl (C=O) groups is 1. The lowest BCUT2D eigenvalue weighted by Crippen LogP contribution is -2.58. The molecule has 1 aliphatic heterocycles. The van der Waals surface area contributed by atoms with Gasteiger partial charge >= 0.3 is 6.18 Å². The Morgan fingerprint density at radius 3 is 2.56 bits per heavy atom. The molecule has 2 aromatic carbocycles. The number of aryl methyl sites for hydroxylation is 1. The molecule has 1 N–H and O–H groups in total. The smallest absolute Gasteiger partial charge is 0.382 e. The average Bonchev–Trinajstić information content (AvgIpc) is 3.35. The van der Waals surface area contributed by atoms with E-state index in [1.165, 1.54) is 16.3 Å². The predicted octanol–water partition coefficient (Wildman–Crippen LogP) is 6.39. The second-order valence-corrected chi connectivity index (χ2v) is 12.8. The van der Waals surface area contributed by atoms with Crippen LogP contribution >= 0.6 is 11.3 Å². The van der Waals surface area contributed by atoms with Gasteiger partial charge in [-0.1, -0.05) is 6.07 Å². The predicted molar refractivity (Wildman–Crippen MR) is 159 cm³/mol. The summed E-state index contributed by atoms with van der Waals surface area (Å²) in [5, 5.41) is 15.2. The highest BCUT2D eigenvalue weighted by atomic mass is 32.1. The molecule has 1 aromatic heterocycles. The maximum atomic E-state index is 13.3. The van der Waals surface area contributed by atoms with Crippen LogP contribution in [0.15, 0.2) is 36.4 Å². The van der Waals surface area contributed by atoms with Crippen LogP contribution in [0.5, 0.6) is 0 Å². The summed E-state index contributed by atoms with van der Waals surface area (Å²) in [6, 6.07) is 9.41.